The van der Waals surface area contributed by atoms with Crippen LogP contribution in [0.2, 0.25) is 0 Å². The first kappa shape index (κ1) is 11.0. The van der Waals surface area contributed by atoms with E-state index in [2.05, 4.69) is 44.0 Å². The molecule has 0 aromatic carbocycles. The van der Waals surface area contributed by atoms with Gasteiger partial charge in [0.1, 0.15) is 0 Å². The van der Waals surface area contributed by atoms with E-state index in [9.17, 15) is 0 Å². The predicted molar refractivity (Wildman–Crippen MR) is 63.9 cm³/mol. The summed E-state index contributed by atoms with van der Waals surface area (Å²) in [6.45, 7) is 6.33. The molecule has 0 fully saturated rings. The van der Waals surface area contributed by atoms with Gasteiger partial charge in [0.15, 0.2) is 0 Å². The van der Waals surface area contributed by atoms with Gasteiger partial charge in [0.05, 0.1) is 0 Å². The van der Waals surface area contributed by atoms with E-state index >= 15 is 0 Å². The van der Waals surface area contributed by atoms with Gasteiger partial charge in [-0.1, -0.05) is 18.2 Å². The summed E-state index contributed by atoms with van der Waals surface area (Å²) in [4.78, 5) is 4.23. The molecule has 1 rings (SSSR count). The third-order valence-corrected chi connectivity index (χ3v) is 2.73. The molecule has 0 saturated carbocycles. The number of hydrogen-bond acceptors (Lipinski definition) is 1. The Morgan fingerprint density at radius 2 is 2.14 bits per heavy atom. The normalized spacial score (nSPS) is 19.1. The van der Waals surface area contributed by atoms with E-state index in [0.29, 0.717) is 0 Å². The Morgan fingerprint density at radius 3 is 2.64 bits per heavy atom. The van der Waals surface area contributed by atoms with Crippen LogP contribution >= 0.6 is 0 Å². The van der Waals surface area contributed by atoms with Crippen molar-refractivity contribution in [3.63, 3.8) is 0 Å². The molecule has 1 aliphatic carbocycles. The number of rotatable bonds is 2. The van der Waals surface area contributed by atoms with E-state index < -0.39 is 0 Å². The third kappa shape index (κ3) is 2.44. The molecule has 0 saturated heterocycles. The van der Waals surface area contributed by atoms with Gasteiger partial charge < -0.3 is 0 Å². The van der Waals surface area contributed by atoms with Crippen LogP contribution in [0.5, 0.6) is 0 Å². The van der Waals surface area contributed by atoms with Crippen LogP contribution in [0, 0.1) is 0 Å². The van der Waals surface area contributed by atoms with Crippen molar-refractivity contribution in [1.29, 1.82) is 0 Å². The molecule has 0 atom stereocenters. The standard InChI is InChI=1S/C13H19N/c1-5-6-12-7-8-13(9-10(12)2)11(3)14-4/h5-6,9H,7-8H2,1-4H3/b6-5-,14-11?. The molecule has 0 spiro atoms. The number of aliphatic imine (C=N–C) groups is 1. The first-order valence-corrected chi connectivity index (χ1v) is 5.15. The molecule has 0 aliphatic heterocycles. The minimum atomic E-state index is 1.13. The highest BCUT2D eigenvalue weighted by molar-refractivity contribution is 5.98. The maximum absolute atomic E-state index is 4.23. The van der Waals surface area contributed by atoms with Crippen LogP contribution in [-0.4, -0.2) is 12.8 Å². The predicted octanol–water partition coefficient (Wildman–Crippen LogP) is 3.69. The highest BCUT2D eigenvalue weighted by Crippen LogP contribution is 2.25. The zero-order valence-electron chi connectivity index (χ0n) is 9.59. The summed E-state index contributed by atoms with van der Waals surface area (Å²) in [5, 5.41) is 0. The number of hydrogen-bond donors (Lipinski definition) is 0. The summed E-state index contributed by atoms with van der Waals surface area (Å²) in [7, 11) is 1.86. The average Bonchev–Trinajstić information content (AvgIpc) is 2.20. The first-order valence-electron chi connectivity index (χ1n) is 5.15. The lowest BCUT2D eigenvalue weighted by Gasteiger charge is -2.15. The molecule has 1 heteroatoms. The Kier molecular flexibility index (Phi) is 3.87. The number of allylic oxidation sites excluding steroid dienone is 6. The van der Waals surface area contributed by atoms with E-state index in [4.69, 9.17) is 0 Å². The van der Waals surface area contributed by atoms with E-state index in [1.165, 1.54) is 22.4 Å². The van der Waals surface area contributed by atoms with Crippen molar-refractivity contribution in [1.82, 2.24) is 0 Å². The molecule has 0 bridgehead atoms. The largest absolute Gasteiger partial charge is 0.293 e. The van der Waals surface area contributed by atoms with Gasteiger partial charge in [0, 0.05) is 12.8 Å². The number of nitrogens with zero attached hydrogens (tertiary/aromatic N) is 1. The summed E-state index contributed by atoms with van der Waals surface area (Å²) < 4.78 is 0. The lowest BCUT2D eigenvalue weighted by Crippen LogP contribution is -2.03. The fourth-order valence-corrected chi connectivity index (χ4v) is 1.74. The van der Waals surface area contributed by atoms with Gasteiger partial charge in [0.25, 0.3) is 0 Å². The average molecular weight is 189 g/mol. The Labute approximate surface area is 86.9 Å². The van der Waals surface area contributed by atoms with Crippen LogP contribution in [0.25, 0.3) is 0 Å². The minimum absolute atomic E-state index is 1.13. The second kappa shape index (κ2) is 4.94. The summed E-state index contributed by atoms with van der Waals surface area (Å²) in [5.74, 6) is 0. The Hall–Kier alpha value is -1.11. The van der Waals surface area contributed by atoms with Crippen molar-refractivity contribution in [2.75, 3.05) is 7.05 Å². The molecule has 14 heavy (non-hydrogen) atoms. The van der Waals surface area contributed by atoms with Crippen LogP contribution in [0.4, 0.5) is 0 Å². The molecule has 1 aliphatic rings. The molecule has 1 nitrogen and oxygen atoms in total. The molecule has 0 aromatic rings. The molecule has 0 aromatic heterocycles. The monoisotopic (exact) mass is 189 g/mol. The summed E-state index contributed by atoms with van der Waals surface area (Å²) in [6, 6.07) is 0. The molecule has 76 valence electrons. The highest BCUT2D eigenvalue weighted by Gasteiger charge is 2.09. The Balaban J connectivity index is 2.95. The van der Waals surface area contributed by atoms with Crippen molar-refractivity contribution in [3.8, 4) is 0 Å². The molecule has 0 unspecified atom stereocenters. The van der Waals surface area contributed by atoms with Crippen molar-refractivity contribution < 1.29 is 0 Å². The molecule has 0 N–H and O–H groups in total. The van der Waals surface area contributed by atoms with Gasteiger partial charge >= 0.3 is 0 Å². The van der Waals surface area contributed by atoms with E-state index in [1.54, 1.807) is 0 Å². The summed E-state index contributed by atoms with van der Waals surface area (Å²) >= 11 is 0. The van der Waals surface area contributed by atoms with E-state index in [1.807, 2.05) is 7.05 Å². The maximum atomic E-state index is 4.23. The summed E-state index contributed by atoms with van der Waals surface area (Å²) in [6.07, 6.45) is 8.86. The fourth-order valence-electron chi connectivity index (χ4n) is 1.74. The zero-order chi connectivity index (χ0) is 10.6. The third-order valence-electron chi connectivity index (χ3n) is 2.73. The van der Waals surface area contributed by atoms with Crippen molar-refractivity contribution in [2.45, 2.75) is 33.6 Å². The van der Waals surface area contributed by atoms with Crippen LogP contribution < -0.4 is 0 Å². The molecular formula is C13H19N. The Bertz CT molecular complexity index is 327. The topological polar surface area (TPSA) is 12.4 Å². The maximum Gasteiger partial charge on any atom is 0.0346 e. The van der Waals surface area contributed by atoms with Gasteiger partial charge in [-0.3, -0.25) is 4.99 Å². The van der Waals surface area contributed by atoms with E-state index in [-0.39, 0.29) is 0 Å². The zero-order valence-corrected chi connectivity index (χ0v) is 9.59. The summed E-state index contributed by atoms with van der Waals surface area (Å²) in [5.41, 5.74) is 5.40. The van der Waals surface area contributed by atoms with Crippen LogP contribution in [-0.2, 0) is 0 Å². The molecule has 0 heterocycles. The van der Waals surface area contributed by atoms with Gasteiger partial charge in [-0.25, -0.2) is 0 Å². The molecule has 0 amide bonds. The van der Waals surface area contributed by atoms with Gasteiger partial charge in [-0.15, -0.1) is 0 Å². The minimum Gasteiger partial charge on any atom is -0.293 e. The first-order chi connectivity index (χ1) is 6.69. The van der Waals surface area contributed by atoms with Crippen molar-refractivity contribution in [3.05, 3.63) is 34.9 Å². The fraction of sp³-hybridized carbons (Fsp3) is 0.462. The molecule has 0 radical (unpaired) electrons. The molecular weight excluding hydrogens is 170 g/mol. The van der Waals surface area contributed by atoms with Gasteiger partial charge in [-0.05, 0) is 50.3 Å². The van der Waals surface area contributed by atoms with Gasteiger partial charge in [0.2, 0.25) is 0 Å². The highest BCUT2D eigenvalue weighted by atomic mass is 14.7. The lowest BCUT2D eigenvalue weighted by atomic mass is 9.91. The van der Waals surface area contributed by atoms with Crippen molar-refractivity contribution in [2.24, 2.45) is 4.99 Å². The van der Waals surface area contributed by atoms with Crippen LogP contribution in [0.15, 0.2) is 39.9 Å². The van der Waals surface area contributed by atoms with Crippen molar-refractivity contribution >= 4 is 5.71 Å². The van der Waals surface area contributed by atoms with Crippen LogP contribution in [0.3, 0.4) is 0 Å². The SMILES string of the molecule is C/C=C\C1=C(C)C=C(C(C)=NC)CC1. The second-order valence-electron chi connectivity index (χ2n) is 3.69. The van der Waals surface area contributed by atoms with E-state index in [0.717, 1.165) is 12.8 Å². The van der Waals surface area contributed by atoms with Crippen LogP contribution in [0.1, 0.15) is 33.6 Å². The Morgan fingerprint density at radius 1 is 1.43 bits per heavy atom. The lowest BCUT2D eigenvalue weighted by molar-refractivity contribution is 0.940. The second-order valence-corrected chi connectivity index (χ2v) is 3.69. The quantitative estimate of drug-likeness (QED) is 0.587. The smallest absolute Gasteiger partial charge is 0.0346 e. The van der Waals surface area contributed by atoms with Gasteiger partial charge in [-0.2, -0.15) is 0 Å².